The summed E-state index contributed by atoms with van der Waals surface area (Å²) < 4.78 is 0. The number of para-hydroxylation sites is 1. The fourth-order valence-electron chi connectivity index (χ4n) is 2.52. The number of aromatic amines is 1. The Morgan fingerprint density at radius 1 is 1.13 bits per heavy atom. The molecule has 1 aromatic carbocycles. The topological polar surface area (TPSA) is 15.8 Å². The Morgan fingerprint density at radius 2 is 1.80 bits per heavy atom. The normalized spacial score (nSPS) is 11.5. The van der Waals surface area contributed by atoms with Gasteiger partial charge in [0.1, 0.15) is 0 Å². The van der Waals surface area contributed by atoms with Crippen molar-refractivity contribution >= 4 is 10.9 Å². The number of hydrogen-bond donors (Lipinski definition) is 1. The Morgan fingerprint density at radius 3 is 2.47 bits per heavy atom. The SMILES string of the molecule is CCC(CC)c1c(C)[nH]c2ccccc12. The number of aromatic nitrogens is 1. The molecule has 0 aliphatic carbocycles. The Bertz CT molecular complexity index is 449. The van der Waals surface area contributed by atoms with Crippen molar-refractivity contribution < 1.29 is 0 Å². The average Bonchev–Trinajstić information content (AvgIpc) is 2.58. The second kappa shape index (κ2) is 4.09. The minimum Gasteiger partial charge on any atom is -0.358 e. The van der Waals surface area contributed by atoms with Gasteiger partial charge < -0.3 is 4.98 Å². The fourth-order valence-corrected chi connectivity index (χ4v) is 2.52. The van der Waals surface area contributed by atoms with Gasteiger partial charge in [0.15, 0.2) is 0 Å². The van der Waals surface area contributed by atoms with E-state index in [0.29, 0.717) is 5.92 Å². The van der Waals surface area contributed by atoms with Crippen LogP contribution in [0.15, 0.2) is 24.3 Å². The van der Waals surface area contributed by atoms with Gasteiger partial charge in [-0.1, -0.05) is 32.0 Å². The van der Waals surface area contributed by atoms with Gasteiger partial charge in [-0.3, -0.25) is 0 Å². The number of aryl methyl sites for hydroxylation is 1. The van der Waals surface area contributed by atoms with Crippen LogP contribution in [0.3, 0.4) is 0 Å². The summed E-state index contributed by atoms with van der Waals surface area (Å²) in [5, 5.41) is 1.41. The van der Waals surface area contributed by atoms with Gasteiger partial charge in [0.2, 0.25) is 0 Å². The highest BCUT2D eigenvalue weighted by Crippen LogP contribution is 2.32. The minimum atomic E-state index is 0.696. The fraction of sp³-hybridized carbons (Fsp3) is 0.429. The van der Waals surface area contributed by atoms with Gasteiger partial charge >= 0.3 is 0 Å². The lowest BCUT2D eigenvalue weighted by atomic mass is 9.92. The zero-order chi connectivity index (χ0) is 10.8. The Balaban J connectivity index is 2.62. The predicted molar refractivity (Wildman–Crippen MR) is 66.4 cm³/mol. The van der Waals surface area contributed by atoms with Gasteiger partial charge in [-0.05, 0) is 37.3 Å². The first-order valence-electron chi connectivity index (χ1n) is 5.85. The standard InChI is InChI=1S/C14H19N/c1-4-11(5-2)14-10(3)15-13-9-7-6-8-12(13)14/h6-9,11,15H,4-5H2,1-3H3. The molecule has 0 aliphatic heterocycles. The molecule has 1 heterocycles. The molecule has 0 bridgehead atoms. The van der Waals surface area contributed by atoms with E-state index in [1.165, 1.54) is 35.0 Å². The summed E-state index contributed by atoms with van der Waals surface area (Å²) >= 11 is 0. The van der Waals surface area contributed by atoms with Crippen molar-refractivity contribution in [2.75, 3.05) is 0 Å². The summed E-state index contributed by atoms with van der Waals surface area (Å²) in [7, 11) is 0. The molecule has 0 saturated carbocycles. The molecule has 0 fully saturated rings. The molecular weight excluding hydrogens is 182 g/mol. The van der Waals surface area contributed by atoms with Gasteiger partial charge in [-0.2, -0.15) is 0 Å². The molecule has 0 spiro atoms. The quantitative estimate of drug-likeness (QED) is 0.758. The van der Waals surface area contributed by atoms with E-state index in [4.69, 9.17) is 0 Å². The van der Waals surface area contributed by atoms with E-state index in [0.717, 1.165) is 0 Å². The maximum Gasteiger partial charge on any atom is 0.0458 e. The molecule has 0 unspecified atom stereocenters. The van der Waals surface area contributed by atoms with E-state index in [9.17, 15) is 0 Å². The van der Waals surface area contributed by atoms with Crippen LogP contribution in [0.25, 0.3) is 10.9 Å². The maximum absolute atomic E-state index is 3.48. The van der Waals surface area contributed by atoms with Crippen molar-refractivity contribution in [1.82, 2.24) is 4.98 Å². The smallest absolute Gasteiger partial charge is 0.0458 e. The number of benzene rings is 1. The second-order valence-corrected chi connectivity index (χ2v) is 4.22. The van der Waals surface area contributed by atoms with Crippen molar-refractivity contribution in [3.05, 3.63) is 35.5 Å². The molecular formula is C14H19N. The summed E-state index contributed by atoms with van der Waals surface area (Å²) in [6.07, 6.45) is 2.44. The Labute approximate surface area is 91.5 Å². The molecule has 80 valence electrons. The highest BCUT2D eigenvalue weighted by atomic mass is 14.7. The molecule has 15 heavy (non-hydrogen) atoms. The van der Waals surface area contributed by atoms with Crippen LogP contribution < -0.4 is 0 Å². The first-order valence-corrected chi connectivity index (χ1v) is 5.85. The predicted octanol–water partition coefficient (Wildman–Crippen LogP) is 4.38. The molecule has 0 radical (unpaired) electrons. The molecule has 0 amide bonds. The molecule has 2 aromatic rings. The third-order valence-electron chi connectivity index (χ3n) is 3.34. The molecule has 0 aliphatic rings. The van der Waals surface area contributed by atoms with Crippen LogP contribution in [0.5, 0.6) is 0 Å². The molecule has 1 heteroatoms. The average molecular weight is 201 g/mol. The van der Waals surface area contributed by atoms with Gasteiger partial charge in [0.25, 0.3) is 0 Å². The molecule has 2 rings (SSSR count). The number of hydrogen-bond acceptors (Lipinski definition) is 0. The number of nitrogens with one attached hydrogen (secondary N) is 1. The second-order valence-electron chi connectivity index (χ2n) is 4.22. The van der Waals surface area contributed by atoms with Crippen LogP contribution in [0, 0.1) is 6.92 Å². The van der Waals surface area contributed by atoms with Gasteiger partial charge in [0.05, 0.1) is 0 Å². The highest BCUT2D eigenvalue weighted by Gasteiger charge is 2.15. The molecule has 1 N–H and O–H groups in total. The Hall–Kier alpha value is -1.24. The third kappa shape index (κ3) is 1.67. The summed E-state index contributed by atoms with van der Waals surface area (Å²) in [6.45, 7) is 6.73. The number of fused-ring (bicyclic) bond motifs is 1. The van der Waals surface area contributed by atoms with Crippen molar-refractivity contribution in [2.24, 2.45) is 0 Å². The zero-order valence-electron chi connectivity index (χ0n) is 9.80. The number of H-pyrrole nitrogens is 1. The van der Waals surface area contributed by atoms with Crippen molar-refractivity contribution in [3.8, 4) is 0 Å². The van der Waals surface area contributed by atoms with E-state index in [-0.39, 0.29) is 0 Å². The van der Waals surface area contributed by atoms with Crippen LogP contribution in [0.2, 0.25) is 0 Å². The molecule has 0 saturated heterocycles. The van der Waals surface area contributed by atoms with E-state index in [1.54, 1.807) is 0 Å². The van der Waals surface area contributed by atoms with Crippen molar-refractivity contribution in [2.45, 2.75) is 39.5 Å². The van der Waals surface area contributed by atoms with Crippen LogP contribution in [-0.4, -0.2) is 4.98 Å². The lowest BCUT2D eigenvalue weighted by molar-refractivity contribution is 0.642. The van der Waals surface area contributed by atoms with Crippen molar-refractivity contribution in [3.63, 3.8) is 0 Å². The van der Waals surface area contributed by atoms with Crippen molar-refractivity contribution in [1.29, 1.82) is 0 Å². The lowest BCUT2D eigenvalue weighted by Crippen LogP contribution is -1.96. The summed E-state index contributed by atoms with van der Waals surface area (Å²) in [5.74, 6) is 0.696. The van der Waals surface area contributed by atoms with E-state index < -0.39 is 0 Å². The van der Waals surface area contributed by atoms with Gasteiger partial charge in [0, 0.05) is 16.6 Å². The third-order valence-corrected chi connectivity index (χ3v) is 3.34. The first-order chi connectivity index (χ1) is 7.27. The van der Waals surface area contributed by atoms with Crippen LogP contribution >= 0.6 is 0 Å². The van der Waals surface area contributed by atoms with Gasteiger partial charge in [-0.25, -0.2) is 0 Å². The molecule has 0 atom stereocenters. The lowest BCUT2D eigenvalue weighted by Gasteiger charge is -2.12. The largest absolute Gasteiger partial charge is 0.358 e. The summed E-state index contributed by atoms with van der Waals surface area (Å²) in [5.41, 5.74) is 4.14. The first kappa shape index (κ1) is 10.3. The van der Waals surface area contributed by atoms with Crippen LogP contribution in [0.4, 0.5) is 0 Å². The maximum atomic E-state index is 3.48. The zero-order valence-corrected chi connectivity index (χ0v) is 9.80. The molecule has 1 nitrogen and oxygen atoms in total. The van der Waals surface area contributed by atoms with Crippen LogP contribution in [0.1, 0.15) is 43.9 Å². The minimum absolute atomic E-state index is 0.696. The van der Waals surface area contributed by atoms with Gasteiger partial charge in [-0.15, -0.1) is 0 Å². The van der Waals surface area contributed by atoms with E-state index in [1.807, 2.05) is 0 Å². The monoisotopic (exact) mass is 201 g/mol. The summed E-state index contributed by atoms with van der Waals surface area (Å²) in [4.78, 5) is 3.48. The highest BCUT2D eigenvalue weighted by molar-refractivity contribution is 5.85. The van der Waals surface area contributed by atoms with Crippen LogP contribution in [-0.2, 0) is 0 Å². The Kier molecular flexibility index (Phi) is 2.81. The molecule has 1 aromatic heterocycles. The van der Waals surface area contributed by atoms with E-state index >= 15 is 0 Å². The number of rotatable bonds is 3. The van der Waals surface area contributed by atoms with E-state index in [2.05, 4.69) is 50.0 Å². The summed E-state index contributed by atoms with van der Waals surface area (Å²) in [6, 6.07) is 8.61.